The SMILES string of the molecule is CN(C)CCC1=Cc2cc(Cl)ccc2Sc2ccccc21.Cl. The molecule has 0 fully saturated rings. The van der Waals surface area contributed by atoms with E-state index >= 15 is 0 Å². The van der Waals surface area contributed by atoms with Gasteiger partial charge >= 0.3 is 0 Å². The van der Waals surface area contributed by atoms with Gasteiger partial charge in [-0.15, -0.1) is 12.4 Å². The zero-order chi connectivity index (χ0) is 14.8. The van der Waals surface area contributed by atoms with Crippen LogP contribution in [0.25, 0.3) is 11.6 Å². The zero-order valence-electron chi connectivity index (χ0n) is 12.7. The van der Waals surface area contributed by atoms with Gasteiger partial charge in [-0.05, 0) is 67.6 Å². The molecule has 116 valence electrons. The minimum atomic E-state index is 0. The molecule has 22 heavy (non-hydrogen) atoms. The molecular formula is C18H19Cl2NS. The molecule has 0 amide bonds. The first-order valence-electron chi connectivity index (χ1n) is 7.05. The van der Waals surface area contributed by atoms with Crippen molar-refractivity contribution >= 4 is 47.4 Å². The van der Waals surface area contributed by atoms with Crippen LogP contribution in [-0.4, -0.2) is 25.5 Å². The summed E-state index contributed by atoms with van der Waals surface area (Å²) in [5.74, 6) is 0. The summed E-state index contributed by atoms with van der Waals surface area (Å²) in [5, 5.41) is 0.795. The fourth-order valence-electron chi connectivity index (χ4n) is 2.48. The van der Waals surface area contributed by atoms with Crippen LogP contribution in [0.2, 0.25) is 5.02 Å². The van der Waals surface area contributed by atoms with E-state index in [-0.39, 0.29) is 12.4 Å². The van der Waals surface area contributed by atoms with E-state index in [0.717, 1.165) is 18.0 Å². The minimum absolute atomic E-state index is 0. The quantitative estimate of drug-likeness (QED) is 0.695. The third kappa shape index (κ3) is 3.88. The van der Waals surface area contributed by atoms with Crippen molar-refractivity contribution in [3.05, 3.63) is 58.6 Å². The van der Waals surface area contributed by atoms with Gasteiger partial charge in [-0.2, -0.15) is 0 Å². The lowest BCUT2D eigenvalue weighted by Gasteiger charge is -2.13. The van der Waals surface area contributed by atoms with Crippen LogP contribution in [0, 0.1) is 0 Å². The van der Waals surface area contributed by atoms with Crippen molar-refractivity contribution < 1.29 is 0 Å². The lowest BCUT2D eigenvalue weighted by Crippen LogP contribution is -2.13. The van der Waals surface area contributed by atoms with Gasteiger partial charge in [0.2, 0.25) is 0 Å². The topological polar surface area (TPSA) is 3.24 Å². The molecule has 0 saturated heterocycles. The van der Waals surface area contributed by atoms with Crippen molar-refractivity contribution in [3.8, 4) is 0 Å². The third-order valence-corrected chi connectivity index (χ3v) is 4.99. The molecule has 1 nitrogen and oxygen atoms in total. The van der Waals surface area contributed by atoms with E-state index in [4.69, 9.17) is 11.6 Å². The maximum atomic E-state index is 6.17. The van der Waals surface area contributed by atoms with Crippen molar-refractivity contribution in [1.29, 1.82) is 0 Å². The highest BCUT2D eigenvalue weighted by Gasteiger charge is 2.15. The first-order chi connectivity index (χ1) is 10.1. The van der Waals surface area contributed by atoms with Crippen LogP contribution < -0.4 is 0 Å². The highest BCUT2D eigenvalue weighted by atomic mass is 35.5. The maximum Gasteiger partial charge on any atom is 0.0412 e. The molecule has 0 saturated carbocycles. The second-order valence-corrected chi connectivity index (χ2v) is 7.02. The predicted octanol–water partition coefficient (Wildman–Crippen LogP) is 5.72. The minimum Gasteiger partial charge on any atom is -0.309 e. The Bertz CT molecular complexity index is 695. The first-order valence-corrected chi connectivity index (χ1v) is 8.25. The molecule has 3 rings (SSSR count). The Morgan fingerprint density at radius 2 is 1.82 bits per heavy atom. The van der Waals surface area contributed by atoms with Crippen molar-refractivity contribution in [2.45, 2.75) is 16.2 Å². The van der Waals surface area contributed by atoms with Gasteiger partial charge in [-0.1, -0.05) is 41.6 Å². The smallest absolute Gasteiger partial charge is 0.0412 e. The van der Waals surface area contributed by atoms with Gasteiger partial charge in [0.1, 0.15) is 0 Å². The summed E-state index contributed by atoms with van der Waals surface area (Å²) in [6, 6.07) is 14.8. The average Bonchev–Trinajstić information content (AvgIpc) is 2.61. The summed E-state index contributed by atoms with van der Waals surface area (Å²) in [5.41, 5.74) is 3.95. The van der Waals surface area contributed by atoms with Crippen LogP contribution in [0.4, 0.5) is 0 Å². The second-order valence-electron chi connectivity index (χ2n) is 5.50. The van der Waals surface area contributed by atoms with Gasteiger partial charge in [0, 0.05) is 21.4 Å². The molecule has 1 heterocycles. The number of nitrogens with zero attached hydrogens (tertiary/aromatic N) is 1. The molecule has 0 N–H and O–H groups in total. The van der Waals surface area contributed by atoms with Crippen LogP contribution in [0.3, 0.4) is 0 Å². The molecule has 1 aliphatic heterocycles. The largest absolute Gasteiger partial charge is 0.309 e. The molecule has 2 aromatic rings. The van der Waals surface area contributed by atoms with Crippen LogP contribution in [0.15, 0.2) is 52.3 Å². The summed E-state index contributed by atoms with van der Waals surface area (Å²) in [6.45, 7) is 1.04. The Kier molecular flexibility index (Phi) is 5.99. The van der Waals surface area contributed by atoms with E-state index in [2.05, 4.69) is 61.5 Å². The molecule has 1 aliphatic rings. The van der Waals surface area contributed by atoms with E-state index in [1.165, 1.54) is 26.5 Å². The first kappa shape index (κ1) is 17.4. The van der Waals surface area contributed by atoms with Gasteiger partial charge in [0.15, 0.2) is 0 Å². The highest BCUT2D eigenvalue weighted by molar-refractivity contribution is 7.99. The maximum absolute atomic E-state index is 6.17. The average molecular weight is 352 g/mol. The van der Waals surface area contributed by atoms with Gasteiger partial charge in [0.25, 0.3) is 0 Å². The number of benzene rings is 2. The normalized spacial score (nSPS) is 12.8. The molecule has 0 bridgehead atoms. The summed E-state index contributed by atoms with van der Waals surface area (Å²) < 4.78 is 0. The third-order valence-electron chi connectivity index (χ3n) is 3.58. The fraction of sp³-hybridized carbons (Fsp3) is 0.222. The summed E-state index contributed by atoms with van der Waals surface area (Å²) in [4.78, 5) is 4.82. The lowest BCUT2D eigenvalue weighted by molar-refractivity contribution is 0.419. The van der Waals surface area contributed by atoms with Gasteiger partial charge < -0.3 is 4.90 Å². The Balaban J connectivity index is 0.00000176. The van der Waals surface area contributed by atoms with E-state index in [0.29, 0.717) is 0 Å². The van der Waals surface area contributed by atoms with Crippen molar-refractivity contribution in [2.24, 2.45) is 0 Å². The van der Waals surface area contributed by atoms with Crippen LogP contribution >= 0.6 is 35.8 Å². The van der Waals surface area contributed by atoms with Crippen molar-refractivity contribution in [3.63, 3.8) is 0 Å². The highest BCUT2D eigenvalue weighted by Crippen LogP contribution is 2.41. The molecule has 0 atom stereocenters. The zero-order valence-corrected chi connectivity index (χ0v) is 15.1. The predicted molar refractivity (Wildman–Crippen MR) is 100 cm³/mol. The number of hydrogen-bond donors (Lipinski definition) is 0. The van der Waals surface area contributed by atoms with E-state index in [1.54, 1.807) is 0 Å². The standard InChI is InChI=1S/C18H18ClNS.ClH/c1-20(2)10-9-13-11-14-12-15(19)7-8-17(14)21-18-6-4-3-5-16(13)18;/h3-8,11-12H,9-10H2,1-2H3;1H. The summed E-state index contributed by atoms with van der Waals surface area (Å²) in [7, 11) is 4.23. The Morgan fingerprint density at radius 1 is 1.05 bits per heavy atom. The van der Waals surface area contributed by atoms with Crippen LogP contribution in [0.5, 0.6) is 0 Å². The van der Waals surface area contributed by atoms with Crippen LogP contribution in [-0.2, 0) is 0 Å². The van der Waals surface area contributed by atoms with E-state index in [9.17, 15) is 0 Å². The summed E-state index contributed by atoms with van der Waals surface area (Å²) >= 11 is 8.00. The number of fused-ring (bicyclic) bond motifs is 2. The van der Waals surface area contributed by atoms with Crippen LogP contribution in [0.1, 0.15) is 17.5 Å². The molecule has 0 unspecified atom stereocenters. The Morgan fingerprint density at radius 3 is 2.59 bits per heavy atom. The van der Waals surface area contributed by atoms with E-state index in [1.807, 2.05) is 17.8 Å². The van der Waals surface area contributed by atoms with Crippen molar-refractivity contribution in [1.82, 2.24) is 4.90 Å². The Labute approximate surface area is 147 Å². The molecule has 0 aliphatic carbocycles. The lowest BCUT2D eigenvalue weighted by atomic mass is 10.00. The van der Waals surface area contributed by atoms with Gasteiger partial charge in [-0.25, -0.2) is 0 Å². The number of hydrogen-bond acceptors (Lipinski definition) is 2. The molecule has 0 radical (unpaired) electrons. The molecular weight excluding hydrogens is 333 g/mol. The molecule has 4 heteroatoms. The molecule has 2 aromatic carbocycles. The van der Waals surface area contributed by atoms with Crippen molar-refractivity contribution in [2.75, 3.05) is 20.6 Å². The summed E-state index contributed by atoms with van der Waals surface area (Å²) in [6.07, 6.45) is 3.33. The number of rotatable bonds is 3. The van der Waals surface area contributed by atoms with Gasteiger partial charge in [0.05, 0.1) is 0 Å². The number of halogens is 2. The van der Waals surface area contributed by atoms with Gasteiger partial charge in [-0.3, -0.25) is 0 Å². The second kappa shape index (κ2) is 7.56. The monoisotopic (exact) mass is 351 g/mol. The molecule has 0 spiro atoms. The molecule has 0 aromatic heterocycles. The van der Waals surface area contributed by atoms with E-state index < -0.39 is 0 Å². The Hall–Kier alpha value is -0.930. The fourth-order valence-corrected chi connectivity index (χ4v) is 3.73.